The van der Waals surface area contributed by atoms with Gasteiger partial charge in [-0.3, -0.25) is 4.79 Å². The number of rotatable bonds is 2. The first-order chi connectivity index (χ1) is 9.69. The zero-order chi connectivity index (χ0) is 14.1. The first-order valence-electron chi connectivity index (χ1n) is 6.74. The number of carbonyl (C=O) groups excluding carboxylic acids is 1. The Balaban J connectivity index is 1.93. The Hall–Kier alpha value is -1.39. The molecule has 1 aliphatic rings. The van der Waals surface area contributed by atoms with Crippen LogP contribution in [0.4, 0.5) is 5.69 Å². The van der Waals surface area contributed by atoms with E-state index in [1.165, 1.54) is 11.3 Å². The van der Waals surface area contributed by atoms with Crippen LogP contribution in [-0.2, 0) is 12.8 Å². The van der Waals surface area contributed by atoms with Crippen molar-refractivity contribution in [3.05, 3.63) is 44.9 Å². The second-order valence-electron chi connectivity index (χ2n) is 4.81. The Morgan fingerprint density at radius 3 is 3.10 bits per heavy atom. The van der Waals surface area contributed by atoms with Gasteiger partial charge >= 0.3 is 0 Å². The van der Waals surface area contributed by atoms with Crippen LogP contribution in [-0.4, -0.2) is 17.4 Å². The van der Waals surface area contributed by atoms with Crippen molar-refractivity contribution in [2.24, 2.45) is 0 Å². The molecule has 0 bridgehead atoms. The van der Waals surface area contributed by atoms with Gasteiger partial charge in [0.25, 0.3) is 5.91 Å². The summed E-state index contributed by atoms with van der Waals surface area (Å²) in [6.45, 7) is 2.80. The van der Waals surface area contributed by atoms with Crippen molar-refractivity contribution >= 4 is 34.5 Å². The number of thiazole rings is 1. The van der Waals surface area contributed by atoms with Gasteiger partial charge in [0.1, 0.15) is 4.88 Å². The van der Waals surface area contributed by atoms with Crippen LogP contribution < -0.4 is 4.90 Å². The van der Waals surface area contributed by atoms with E-state index in [1.54, 1.807) is 6.20 Å². The molecule has 1 aromatic heterocycles. The summed E-state index contributed by atoms with van der Waals surface area (Å²) < 4.78 is 0. The van der Waals surface area contributed by atoms with Gasteiger partial charge in [-0.15, -0.1) is 11.3 Å². The maximum Gasteiger partial charge on any atom is 0.269 e. The molecule has 0 saturated carbocycles. The van der Waals surface area contributed by atoms with E-state index in [0.717, 1.165) is 47.1 Å². The summed E-state index contributed by atoms with van der Waals surface area (Å²) in [7, 11) is 0. The lowest BCUT2D eigenvalue weighted by atomic mass is 10.0. The lowest BCUT2D eigenvalue weighted by molar-refractivity contribution is 0.0989. The normalized spacial score (nSPS) is 14.2. The third-order valence-corrected chi connectivity index (χ3v) is 4.84. The number of amides is 1. The molecular formula is C15H15ClN2OS. The van der Waals surface area contributed by atoms with Crippen LogP contribution in [0.5, 0.6) is 0 Å². The lowest BCUT2D eigenvalue weighted by Crippen LogP contribution is -2.35. The molecule has 2 heterocycles. The largest absolute Gasteiger partial charge is 0.307 e. The van der Waals surface area contributed by atoms with Gasteiger partial charge in [0.15, 0.2) is 0 Å². The number of halogens is 1. The van der Waals surface area contributed by atoms with Crippen LogP contribution in [0.2, 0.25) is 5.02 Å². The summed E-state index contributed by atoms with van der Waals surface area (Å²) in [5, 5.41) is 1.73. The second kappa shape index (κ2) is 5.54. The van der Waals surface area contributed by atoms with E-state index in [9.17, 15) is 4.79 Å². The Bertz CT molecular complexity index is 653. The molecule has 5 heteroatoms. The molecule has 3 nitrogen and oxygen atoms in total. The quantitative estimate of drug-likeness (QED) is 0.841. The maximum atomic E-state index is 12.6. The van der Waals surface area contributed by atoms with Gasteiger partial charge in [-0.25, -0.2) is 4.98 Å². The molecule has 0 unspecified atom stereocenters. The summed E-state index contributed by atoms with van der Waals surface area (Å²) in [5.74, 6) is 0.0467. The molecule has 1 aromatic carbocycles. The van der Waals surface area contributed by atoms with Crippen molar-refractivity contribution in [3.8, 4) is 0 Å². The summed E-state index contributed by atoms with van der Waals surface area (Å²) in [5.41, 5.74) is 2.13. The molecule has 1 aliphatic heterocycles. The summed E-state index contributed by atoms with van der Waals surface area (Å²) >= 11 is 7.52. The van der Waals surface area contributed by atoms with Gasteiger partial charge in [0.2, 0.25) is 0 Å². The number of benzene rings is 1. The fourth-order valence-corrected chi connectivity index (χ4v) is 3.48. The van der Waals surface area contributed by atoms with E-state index >= 15 is 0 Å². The van der Waals surface area contributed by atoms with Gasteiger partial charge < -0.3 is 4.90 Å². The predicted octanol–water partition coefficient (Wildman–Crippen LogP) is 3.95. The molecule has 2 aromatic rings. The number of hydrogen-bond donors (Lipinski definition) is 0. The van der Waals surface area contributed by atoms with Crippen molar-refractivity contribution in [1.29, 1.82) is 0 Å². The van der Waals surface area contributed by atoms with Crippen molar-refractivity contribution in [2.45, 2.75) is 26.2 Å². The van der Waals surface area contributed by atoms with E-state index in [1.807, 2.05) is 30.0 Å². The number of nitrogens with zero attached hydrogens (tertiary/aromatic N) is 2. The first-order valence-corrected chi connectivity index (χ1v) is 7.93. The van der Waals surface area contributed by atoms with Crippen LogP contribution in [0.15, 0.2) is 24.4 Å². The molecule has 0 atom stereocenters. The summed E-state index contributed by atoms with van der Waals surface area (Å²) in [6, 6.07) is 5.74. The molecule has 1 amide bonds. The summed E-state index contributed by atoms with van der Waals surface area (Å²) in [4.78, 5) is 19.5. The van der Waals surface area contributed by atoms with Gasteiger partial charge in [0.05, 0.1) is 11.2 Å². The highest BCUT2D eigenvalue weighted by atomic mass is 35.5. The zero-order valence-corrected chi connectivity index (χ0v) is 12.8. The van der Waals surface area contributed by atoms with Gasteiger partial charge in [-0.1, -0.05) is 18.5 Å². The van der Waals surface area contributed by atoms with Crippen LogP contribution in [0.1, 0.15) is 33.6 Å². The number of anilines is 1. The number of aromatic nitrogens is 1. The minimum atomic E-state index is 0.0467. The summed E-state index contributed by atoms with van der Waals surface area (Å²) in [6.07, 6.45) is 4.50. The van der Waals surface area contributed by atoms with E-state index in [2.05, 4.69) is 4.98 Å². The first kappa shape index (κ1) is 13.6. The molecule has 104 valence electrons. The van der Waals surface area contributed by atoms with Gasteiger partial charge in [0, 0.05) is 17.3 Å². The highest BCUT2D eigenvalue weighted by molar-refractivity contribution is 7.13. The Morgan fingerprint density at radius 2 is 2.35 bits per heavy atom. The SMILES string of the molecule is CCc1ncc(C(=O)N2CCCc3cc(Cl)ccc32)s1. The molecule has 0 aliphatic carbocycles. The minimum absolute atomic E-state index is 0.0467. The molecule has 3 rings (SSSR count). The number of fused-ring (bicyclic) bond motifs is 1. The van der Waals surface area contributed by atoms with E-state index < -0.39 is 0 Å². The van der Waals surface area contributed by atoms with Crippen molar-refractivity contribution in [2.75, 3.05) is 11.4 Å². The molecule has 0 spiro atoms. The van der Waals surface area contributed by atoms with Gasteiger partial charge in [-0.2, -0.15) is 0 Å². The molecule has 0 radical (unpaired) electrons. The lowest BCUT2D eigenvalue weighted by Gasteiger charge is -2.29. The van der Waals surface area contributed by atoms with Crippen LogP contribution in [0, 0.1) is 0 Å². The van der Waals surface area contributed by atoms with Crippen molar-refractivity contribution in [3.63, 3.8) is 0 Å². The zero-order valence-electron chi connectivity index (χ0n) is 11.2. The molecule has 0 saturated heterocycles. The highest BCUT2D eigenvalue weighted by Crippen LogP contribution is 2.31. The number of hydrogen-bond acceptors (Lipinski definition) is 3. The average molecular weight is 307 g/mol. The highest BCUT2D eigenvalue weighted by Gasteiger charge is 2.25. The standard InChI is InChI=1S/C15H15ClN2OS/c1-2-14-17-9-13(20-14)15(19)18-7-3-4-10-8-11(16)5-6-12(10)18/h5-6,8-9H,2-4,7H2,1H3. The third-order valence-electron chi connectivity index (χ3n) is 3.47. The van der Waals surface area contributed by atoms with E-state index in [0.29, 0.717) is 4.88 Å². The Labute approximate surface area is 127 Å². The maximum absolute atomic E-state index is 12.6. The predicted molar refractivity (Wildman–Crippen MR) is 82.9 cm³/mol. The Morgan fingerprint density at radius 1 is 1.50 bits per heavy atom. The van der Waals surface area contributed by atoms with Crippen molar-refractivity contribution in [1.82, 2.24) is 4.98 Å². The second-order valence-corrected chi connectivity index (χ2v) is 6.36. The fraction of sp³-hybridized carbons (Fsp3) is 0.333. The molecule has 0 N–H and O–H groups in total. The van der Waals surface area contributed by atoms with Crippen molar-refractivity contribution < 1.29 is 4.79 Å². The fourth-order valence-electron chi connectivity index (χ4n) is 2.48. The topological polar surface area (TPSA) is 33.2 Å². The van der Waals surface area contributed by atoms with Gasteiger partial charge in [-0.05, 0) is 43.0 Å². The molecular weight excluding hydrogens is 292 g/mol. The molecule has 20 heavy (non-hydrogen) atoms. The Kier molecular flexibility index (Phi) is 3.76. The van der Waals surface area contributed by atoms with E-state index in [-0.39, 0.29) is 5.91 Å². The monoisotopic (exact) mass is 306 g/mol. The van der Waals surface area contributed by atoms with Crippen LogP contribution in [0.3, 0.4) is 0 Å². The smallest absolute Gasteiger partial charge is 0.269 e. The van der Waals surface area contributed by atoms with Crippen LogP contribution in [0.25, 0.3) is 0 Å². The molecule has 0 fully saturated rings. The number of aryl methyl sites for hydroxylation is 2. The van der Waals surface area contributed by atoms with Crippen LogP contribution >= 0.6 is 22.9 Å². The third kappa shape index (κ3) is 2.45. The average Bonchev–Trinajstić information content (AvgIpc) is 2.94. The van der Waals surface area contributed by atoms with E-state index in [4.69, 9.17) is 11.6 Å². The number of carbonyl (C=O) groups is 1. The minimum Gasteiger partial charge on any atom is -0.307 e.